The summed E-state index contributed by atoms with van der Waals surface area (Å²) in [6.07, 6.45) is -2.87. The molecule has 0 aliphatic carbocycles. The Hall–Kier alpha value is -3.68. The van der Waals surface area contributed by atoms with Crippen molar-refractivity contribution in [2.24, 2.45) is 0 Å². The van der Waals surface area contributed by atoms with Crippen LogP contribution in [0.15, 0.2) is 66.9 Å². The summed E-state index contributed by atoms with van der Waals surface area (Å²) in [5.74, 6) is -0.691. The number of benzene rings is 3. The van der Waals surface area contributed by atoms with E-state index in [1.165, 1.54) is 18.2 Å². The number of nitrogens with one attached hydrogen (secondary N) is 1. The van der Waals surface area contributed by atoms with E-state index >= 15 is 0 Å². The summed E-state index contributed by atoms with van der Waals surface area (Å²) in [6.45, 7) is 2.05. The number of hydrogen-bond acceptors (Lipinski definition) is 2. The van der Waals surface area contributed by atoms with Crippen molar-refractivity contribution in [1.29, 1.82) is 0 Å². The second-order valence-corrected chi connectivity index (χ2v) is 7.50. The molecule has 4 nitrogen and oxygen atoms in total. The molecule has 8 heteroatoms. The lowest BCUT2D eigenvalue weighted by Crippen LogP contribution is -2.23. The molecular formula is C24H19F4N3O. The number of hydrogen-bond donors (Lipinski definition) is 1. The molecule has 0 radical (unpaired) electrons. The Labute approximate surface area is 181 Å². The molecule has 1 aromatic heterocycles. The van der Waals surface area contributed by atoms with Gasteiger partial charge < -0.3 is 5.32 Å². The normalized spacial score (nSPS) is 11.7. The summed E-state index contributed by atoms with van der Waals surface area (Å²) in [5, 5.41) is 7.65. The number of halogens is 4. The second kappa shape index (κ2) is 8.45. The van der Waals surface area contributed by atoms with E-state index in [1.807, 2.05) is 6.07 Å². The molecule has 1 heterocycles. The SMILES string of the molecule is Cc1cc(Cn2ncc3c(C(=O)NCc4cccc(C(F)(F)F)c4)cccc32)ccc1F. The third kappa shape index (κ3) is 4.49. The Bertz CT molecular complexity index is 1290. The Morgan fingerprint density at radius 2 is 1.81 bits per heavy atom. The molecule has 0 aliphatic rings. The van der Waals surface area contributed by atoms with Crippen LogP contribution in [0.1, 0.15) is 32.6 Å². The molecule has 3 aromatic carbocycles. The van der Waals surface area contributed by atoms with Gasteiger partial charge in [-0.3, -0.25) is 9.48 Å². The minimum atomic E-state index is -4.44. The fourth-order valence-electron chi connectivity index (χ4n) is 3.54. The van der Waals surface area contributed by atoms with E-state index in [9.17, 15) is 22.4 Å². The van der Waals surface area contributed by atoms with Crippen LogP contribution < -0.4 is 5.32 Å². The standard InChI is InChI=1S/C24H19F4N3O/c1-15-10-17(8-9-21(15)25)14-31-22-7-3-6-19(20(22)13-30-31)23(32)29-12-16-4-2-5-18(11-16)24(26,27)28/h2-11,13H,12,14H2,1H3,(H,29,32). The van der Waals surface area contributed by atoms with Crippen LogP contribution in [0.3, 0.4) is 0 Å². The average Bonchev–Trinajstić information content (AvgIpc) is 3.17. The summed E-state index contributed by atoms with van der Waals surface area (Å²) in [7, 11) is 0. The van der Waals surface area contributed by atoms with Crippen LogP contribution in [-0.4, -0.2) is 15.7 Å². The largest absolute Gasteiger partial charge is 0.416 e. The van der Waals surface area contributed by atoms with E-state index < -0.39 is 17.6 Å². The zero-order chi connectivity index (χ0) is 22.9. The lowest BCUT2D eigenvalue weighted by molar-refractivity contribution is -0.137. The summed E-state index contributed by atoms with van der Waals surface area (Å²) in [4.78, 5) is 12.8. The topological polar surface area (TPSA) is 46.9 Å². The van der Waals surface area contributed by atoms with Gasteiger partial charge in [-0.1, -0.05) is 30.3 Å². The van der Waals surface area contributed by atoms with Crippen molar-refractivity contribution in [3.63, 3.8) is 0 Å². The van der Waals surface area contributed by atoms with Gasteiger partial charge >= 0.3 is 6.18 Å². The van der Waals surface area contributed by atoms with Gasteiger partial charge in [-0.15, -0.1) is 0 Å². The first kappa shape index (κ1) is 21.5. The summed E-state index contributed by atoms with van der Waals surface area (Å²) >= 11 is 0. The molecule has 1 amide bonds. The lowest BCUT2D eigenvalue weighted by Gasteiger charge is -2.10. The molecular weight excluding hydrogens is 422 g/mol. The molecule has 0 spiro atoms. The van der Waals surface area contributed by atoms with Crippen molar-refractivity contribution in [3.05, 3.63) is 100 Å². The van der Waals surface area contributed by atoms with Gasteiger partial charge in [-0.2, -0.15) is 18.3 Å². The highest BCUT2D eigenvalue weighted by molar-refractivity contribution is 6.06. The number of alkyl halides is 3. The van der Waals surface area contributed by atoms with Gasteiger partial charge in [-0.25, -0.2) is 4.39 Å². The number of nitrogens with zero attached hydrogens (tertiary/aromatic N) is 2. The molecule has 0 saturated heterocycles. The van der Waals surface area contributed by atoms with E-state index in [2.05, 4.69) is 10.4 Å². The monoisotopic (exact) mass is 441 g/mol. The summed E-state index contributed by atoms with van der Waals surface area (Å²) in [6, 6.07) is 14.9. The molecule has 1 N–H and O–H groups in total. The number of amides is 1. The maximum Gasteiger partial charge on any atom is 0.416 e. The first-order valence-electron chi connectivity index (χ1n) is 9.86. The van der Waals surface area contributed by atoms with E-state index in [0.29, 0.717) is 28.6 Å². The molecule has 0 aliphatic heterocycles. The molecule has 4 rings (SSSR count). The van der Waals surface area contributed by atoms with Crippen LogP contribution in [0.2, 0.25) is 0 Å². The lowest BCUT2D eigenvalue weighted by atomic mass is 10.1. The van der Waals surface area contributed by atoms with Crippen molar-refractivity contribution in [2.45, 2.75) is 26.2 Å². The maximum atomic E-state index is 13.5. The van der Waals surface area contributed by atoms with Gasteiger partial charge in [0.1, 0.15) is 5.82 Å². The molecule has 0 saturated carbocycles. The number of aryl methyl sites for hydroxylation is 1. The molecule has 0 atom stereocenters. The number of carbonyl (C=O) groups excluding carboxylic acids is 1. The van der Waals surface area contributed by atoms with Crippen molar-refractivity contribution >= 4 is 16.8 Å². The van der Waals surface area contributed by atoms with E-state index in [1.54, 1.807) is 42.1 Å². The molecule has 0 fully saturated rings. The van der Waals surface area contributed by atoms with Crippen LogP contribution in [0.25, 0.3) is 10.9 Å². The van der Waals surface area contributed by atoms with Crippen molar-refractivity contribution in [3.8, 4) is 0 Å². The zero-order valence-corrected chi connectivity index (χ0v) is 17.1. The molecule has 164 valence electrons. The highest BCUT2D eigenvalue weighted by Crippen LogP contribution is 2.29. The van der Waals surface area contributed by atoms with Crippen LogP contribution in [0.5, 0.6) is 0 Å². The van der Waals surface area contributed by atoms with Gasteiger partial charge in [-0.05, 0) is 53.9 Å². The van der Waals surface area contributed by atoms with Gasteiger partial charge in [0.05, 0.1) is 29.4 Å². The van der Waals surface area contributed by atoms with Crippen LogP contribution >= 0.6 is 0 Å². The van der Waals surface area contributed by atoms with Gasteiger partial charge in [0.15, 0.2) is 0 Å². The first-order valence-corrected chi connectivity index (χ1v) is 9.86. The van der Waals surface area contributed by atoms with E-state index in [0.717, 1.165) is 23.2 Å². The average molecular weight is 441 g/mol. The van der Waals surface area contributed by atoms with Crippen molar-refractivity contribution in [1.82, 2.24) is 15.1 Å². The van der Waals surface area contributed by atoms with Crippen molar-refractivity contribution < 1.29 is 22.4 Å². The third-order valence-electron chi connectivity index (χ3n) is 5.19. The van der Waals surface area contributed by atoms with Crippen molar-refractivity contribution in [2.75, 3.05) is 0 Å². The predicted octanol–water partition coefficient (Wildman–Crippen LogP) is 5.48. The van der Waals surface area contributed by atoms with E-state index in [4.69, 9.17) is 0 Å². The Morgan fingerprint density at radius 1 is 1.03 bits per heavy atom. The molecule has 0 unspecified atom stereocenters. The van der Waals surface area contributed by atoms with Gasteiger partial charge in [0, 0.05) is 11.9 Å². The van der Waals surface area contributed by atoms with Crippen LogP contribution in [0.4, 0.5) is 17.6 Å². The fourth-order valence-corrected chi connectivity index (χ4v) is 3.54. The highest BCUT2D eigenvalue weighted by atomic mass is 19.4. The molecule has 32 heavy (non-hydrogen) atoms. The highest BCUT2D eigenvalue weighted by Gasteiger charge is 2.30. The smallest absolute Gasteiger partial charge is 0.348 e. The minimum absolute atomic E-state index is 0.0395. The van der Waals surface area contributed by atoms with Gasteiger partial charge in [0.25, 0.3) is 5.91 Å². The minimum Gasteiger partial charge on any atom is -0.348 e. The van der Waals surface area contributed by atoms with Crippen LogP contribution in [-0.2, 0) is 19.3 Å². The van der Waals surface area contributed by atoms with Crippen LogP contribution in [0, 0.1) is 12.7 Å². The zero-order valence-electron chi connectivity index (χ0n) is 17.1. The summed E-state index contributed by atoms with van der Waals surface area (Å²) in [5.41, 5.74) is 2.09. The Balaban J connectivity index is 1.53. The quantitative estimate of drug-likeness (QED) is 0.417. The Morgan fingerprint density at radius 3 is 2.56 bits per heavy atom. The molecule has 4 aromatic rings. The molecule has 0 bridgehead atoms. The maximum absolute atomic E-state index is 13.5. The predicted molar refractivity (Wildman–Crippen MR) is 113 cm³/mol. The number of carbonyl (C=O) groups is 1. The number of fused-ring (bicyclic) bond motifs is 1. The first-order chi connectivity index (χ1) is 15.2. The summed E-state index contributed by atoms with van der Waals surface area (Å²) < 4.78 is 53.9. The van der Waals surface area contributed by atoms with E-state index in [-0.39, 0.29) is 12.4 Å². The Kier molecular flexibility index (Phi) is 5.69. The third-order valence-corrected chi connectivity index (χ3v) is 5.19. The second-order valence-electron chi connectivity index (χ2n) is 7.50. The number of rotatable bonds is 5. The number of aromatic nitrogens is 2. The fraction of sp³-hybridized carbons (Fsp3) is 0.167. The van der Waals surface area contributed by atoms with Gasteiger partial charge in [0.2, 0.25) is 0 Å².